The summed E-state index contributed by atoms with van der Waals surface area (Å²) < 4.78 is 13.6. The van der Waals surface area contributed by atoms with Gasteiger partial charge < -0.3 is 4.90 Å². The third-order valence-corrected chi connectivity index (χ3v) is 4.74. The van der Waals surface area contributed by atoms with Crippen molar-refractivity contribution in [1.29, 1.82) is 0 Å². The largest absolute Gasteiger partial charge is 0.365 e. The van der Waals surface area contributed by atoms with E-state index in [2.05, 4.69) is 23.6 Å². The van der Waals surface area contributed by atoms with Gasteiger partial charge in [0, 0.05) is 30.9 Å². The van der Waals surface area contributed by atoms with Crippen molar-refractivity contribution in [3.8, 4) is 0 Å². The van der Waals surface area contributed by atoms with Gasteiger partial charge in [-0.1, -0.05) is 13.0 Å². The fourth-order valence-electron chi connectivity index (χ4n) is 3.62. The quantitative estimate of drug-likeness (QED) is 0.807. The second-order valence-electron chi connectivity index (χ2n) is 5.94. The topological polar surface area (TPSA) is 6.48 Å². The van der Waals surface area contributed by atoms with Crippen LogP contribution >= 0.6 is 0 Å². The number of hydrogen-bond acceptors (Lipinski definition) is 2. The van der Waals surface area contributed by atoms with Gasteiger partial charge in [-0.3, -0.25) is 4.90 Å². The summed E-state index contributed by atoms with van der Waals surface area (Å²) in [6.07, 6.45) is 3.73. The number of halogens is 1. The molecule has 0 amide bonds. The molecule has 0 spiro atoms. The number of fused-ring (bicyclic) bond motifs is 1. The maximum Gasteiger partial charge on any atom is 0.125 e. The lowest BCUT2D eigenvalue weighted by molar-refractivity contribution is 0.194. The molecule has 0 aromatic heterocycles. The zero-order chi connectivity index (χ0) is 13.4. The fraction of sp³-hybridized carbons (Fsp3) is 0.625. The zero-order valence-corrected chi connectivity index (χ0v) is 11.9. The molecule has 0 saturated carbocycles. The van der Waals surface area contributed by atoms with E-state index < -0.39 is 0 Å². The molecular weight excluding hydrogens is 239 g/mol. The van der Waals surface area contributed by atoms with Crippen molar-refractivity contribution in [2.24, 2.45) is 0 Å². The van der Waals surface area contributed by atoms with Gasteiger partial charge in [0.25, 0.3) is 0 Å². The maximum absolute atomic E-state index is 13.6. The number of piperazine rings is 1. The lowest BCUT2D eigenvalue weighted by Crippen LogP contribution is -2.56. The summed E-state index contributed by atoms with van der Waals surface area (Å²) in [5.41, 5.74) is 2.28. The Kier molecular flexibility index (Phi) is 3.48. The van der Waals surface area contributed by atoms with E-state index in [0.29, 0.717) is 12.1 Å². The first-order valence-corrected chi connectivity index (χ1v) is 7.46. The van der Waals surface area contributed by atoms with Gasteiger partial charge in [0.05, 0.1) is 0 Å². The van der Waals surface area contributed by atoms with Gasteiger partial charge in [-0.05, 0) is 50.4 Å². The highest BCUT2D eigenvalue weighted by molar-refractivity contribution is 5.55. The second kappa shape index (κ2) is 5.12. The first kappa shape index (κ1) is 12.9. The van der Waals surface area contributed by atoms with Crippen molar-refractivity contribution in [3.05, 3.63) is 29.6 Å². The first-order valence-electron chi connectivity index (χ1n) is 7.46. The van der Waals surface area contributed by atoms with Gasteiger partial charge in [0.15, 0.2) is 0 Å². The van der Waals surface area contributed by atoms with Crippen molar-refractivity contribution in [3.63, 3.8) is 0 Å². The lowest BCUT2D eigenvalue weighted by Gasteiger charge is -2.45. The minimum atomic E-state index is -0.121. The second-order valence-corrected chi connectivity index (χ2v) is 5.94. The molecule has 2 nitrogen and oxygen atoms in total. The predicted molar refractivity (Wildman–Crippen MR) is 77.2 cm³/mol. The summed E-state index contributed by atoms with van der Waals surface area (Å²) in [7, 11) is 0. The highest BCUT2D eigenvalue weighted by atomic mass is 19.1. The van der Waals surface area contributed by atoms with Crippen LogP contribution in [0, 0.1) is 12.7 Å². The summed E-state index contributed by atoms with van der Waals surface area (Å²) in [5, 5.41) is 0. The number of anilines is 1. The summed E-state index contributed by atoms with van der Waals surface area (Å²) in [6.45, 7) is 7.77. The molecular formula is C16H23FN2. The fourth-order valence-corrected chi connectivity index (χ4v) is 3.62. The molecule has 1 aromatic rings. The Morgan fingerprint density at radius 2 is 2.16 bits per heavy atom. The normalized spacial score (nSPS) is 27.6. The Bertz CT molecular complexity index is 460. The molecule has 2 saturated heterocycles. The Labute approximate surface area is 115 Å². The molecule has 104 valence electrons. The average Bonchev–Trinajstić information content (AvgIpc) is 2.87. The van der Waals surface area contributed by atoms with Gasteiger partial charge >= 0.3 is 0 Å². The molecule has 2 aliphatic heterocycles. The molecule has 0 aliphatic carbocycles. The molecule has 2 heterocycles. The summed E-state index contributed by atoms with van der Waals surface area (Å²) in [4.78, 5) is 5.07. The van der Waals surface area contributed by atoms with Crippen molar-refractivity contribution in [2.45, 2.75) is 45.2 Å². The van der Waals surface area contributed by atoms with Gasteiger partial charge in [0.1, 0.15) is 5.82 Å². The van der Waals surface area contributed by atoms with Crippen LogP contribution in [0.2, 0.25) is 0 Å². The van der Waals surface area contributed by atoms with E-state index in [0.717, 1.165) is 25.2 Å². The Morgan fingerprint density at radius 3 is 2.95 bits per heavy atom. The summed E-state index contributed by atoms with van der Waals surface area (Å²) in [6, 6.07) is 6.37. The van der Waals surface area contributed by atoms with Crippen LogP contribution in [0.3, 0.4) is 0 Å². The molecule has 19 heavy (non-hydrogen) atoms. The number of aryl methyl sites for hydroxylation is 1. The van der Waals surface area contributed by atoms with E-state index in [1.165, 1.54) is 24.9 Å². The zero-order valence-electron chi connectivity index (χ0n) is 11.9. The molecule has 2 unspecified atom stereocenters. The van der Waals surface area contributed by atoms with E-state index in [-0.39, 0.29) is 5.82 Å². The highest BCUT2D eigenvalue weighted by Crippen LogP contribution is 2.31. The minimum absolute atomic E-state index is 0.121. The average molecular weight is 262 g/mol. The van der Waals surface area contributed by atoms with Crippen LogP contribution < -0.4 is 4.90 Å². The lowest BCUT2D eigenvalue weighted by atomic mass is 10.0. The molecule has 2 fully saturated rings. The molecule has 2 aliphatic rings. The monoisotopic (exact) mass is 262 g/mol. The van der Waals surface area contributed by atoms with Crippen molar-refractivity contribution >= 4 is 5.69 Å². The maximum atomic E-state index is 13.6. The van der Waals surface area contributed by atoms with Crippen molar-refractivity contribution < 1.29 is 4.39 Å². The molecule has 2 atom stereocenters. The summed E-state index contributed by atoms with van der Waals surface area (Å²) >= 11 is 0. The standard InChI is InChI=1S/C16H23FN2/c1-3-14-10-18-8-4-5-15(18)11-19(14)16-9-13(17)7-6-12(16)2/h6-7,9,14-15H,3-5,8,10-11H2,1-2H3. The Morgan fingerprint density at radius 1 is 1.32 bits per heavy atom. The number of rotatable bonds is 2. The molecule has 0 bridgehead atoms. The van der Waals surface area contributed by atoms with Crippen LogP contribution in [0.25, 0.3) is 0 Å². The summed E-state index contributed by atoms with van der Waals surface area (Å²) in [5.74, 6) is -0.121. The van der Waals surface area contributed by atoms with E-state index in [9.17, 15) is 4.39 Å². The van der Waals surface area contributed by atoms with Crippen molar-refractivity contribution in [2.75, 3.05) is 24.5 Å². The van der Waals surface area contributed by atoms with E-state index in [1.807, 2.05) is 6.07 Å². The molecule has 0 radical (unpaired) electrons. The van der Waals surface area contributed by atoms with E-state index in [4.69, 9.17) is 0 Å². The number of nitrogens with zero attached hydrogens (tertiary/aromatic N) is 2. The molecule has 3 rings (SSSR count). The Hall–Kier alpha value is -1.09. The van der Waals surface area contributed by atoms with Gasteiger partial charge in [0.2, 0.25) is 0 Å². The molecule has 0 N–H and O–H groups in total. The van der Waals surface area contributed by atoms with Crippen LogP contribution in [0.15, 0.2) is 18.2 Å². The van der Waals surface area contributed by atoms with E-state index >= 15 is 0 Å². The number of benzene rings is 1. The molecule has 1 aromatic carbocycles. The van der Waals surface area contributed by atoms with Gasteiger partial charge in [-0.2, -0.15) is 0 Å². The smallest absolute Gasteiger partial charge is 0.125 e. The highest BCUT2D eigenvalue weighted by Gasteiger charge is 2.35. The molecule has 3 heteroatoms. The SMILES string of the molecule is CCC1CN2CCCC2CN1c1cc(F)ccc1C. The van der Waals surface area contributed by atoms with Crippen LogP contribution in [0.4, 0.5) is 10.1 Å². The van der Waals surface area contributed by atoms with Crippen LogP contribution in [0.5, 0.6) is 0 Å². The van der Waals surface area contributed by atoms with Gasteiger partial charge in [-0.15, -0.1) is 0 Å². The predicted octanol–water partition coefficient (Wildman–Crippen LogP) is 3.20. The van der Waals surface area contributed by atoms with Gasteiger partial charge in [-0.25, -0.2) is 4.39 Å². The third kappa shape index (κ3) is 2.36. The van der Waals surface area contributed by atoms with Crippen LogP contribution in [0.1, 0.15) is 31.7 Å². The number of hydrogen-bond donors (Lipinski definition) is 0. The van der Waals surface area contributed by atoms with E-state index in [1.54, 1.807) is 12.1 Å². The third-order valence-electron chi connectivity index (χ3n) is 4.74. The minimum Gasteiger partial charge on any atom is -0.365 e. The first-order chi connectivity index (χ1) is 9.19. The van der Waals surface area contributed by atoms with Crippen LogP contribution in [-0.4, -0.2) is 36.6 Å². The van der Waals surface area contributed by atoms with Crippen molar-refractivity contribution in [1.82, 2.24) is 4.90 Å². The van der Waals surface area contributed by atoms with Crippen LogP contribution in [-0.2, 0) is 0 Å². The Balaban J connectivity index is 1.90.